The molecule has 0 atom stereocenters. The number of hydrogen-bond donors (Lipinski definition) is 1. The maximum absolute atomic E-state index is 10.0. The first-order chi connectivity index (χ1) is 9.72. The number of fused-ring (bicyclic) bond motifs is 1. The summed E-state index contributed by atoms with van der Waals surface area (Å²) >= 11 is 0. The van der Waals surface area contributed by atoms with Crippen LogP contribution in [0.4, 0.5) is 0 Å². The standard InChI is InChI=1S/C17H18N2O/c1-19-9-3-4-13(12-19)6-7-14-10-15-5-2-8-18-17(15)16(20)11-14/h2-5,8,10-12,20H,6-7,9H2,1H3. The molecule has 0 bridgehead atoms. The quantitative estimate of drug-likeness (QED) is 0.926. The molecule has 0 radical (unpaired) electrons. The number of phenolic OH excluding ortho intramolecular Hbond substituents is 1. The molecular weight excluding hydrogens is 248 g/mol. The van der Waals surface area contributed by atoms with E-state index in [0.29, 0.717) is 5.52 Å². The summed E-state index contributed by atoms with van der Waals surface area (Å²) in [5.74, 6) is 0.267. The highest BCUT2D eigenvalue weighted by Crippen LogP contribution is 2.25. The number of phenols is 1. The summed E-state index contributed by atoms with van der Waals surface area (Å²) in [6.45, 7) is 0.978. The molecule has 1 N–H and O–H groups in total. The summed E-state index contributed by atoms with van der Waals surface area (Å²) in [5, 5.41) is 11.0. The summed E-state index contributed by atoms with van der Waals surface area (Å²) in [5.41, 5.74) is 3.14. The average molecular weight is 266 g/mol. The van der Waals surface area contributed by atoms with Gasteiger partial charge in [0.2, 0.25) is 0 Å². The summed E-state index contributed by atoms with van der Waals surface area (Å²) in [6.07, 6.45) is 10.1. The second-order valence-corrected chi connectivity index (χ2v) is 5.24. The van der Waals surface area contributed by atoms with E-state index >= 15 is 0 Å². The fraction of sp³-hybridized carbons (Fsp3) is 0.235. The lowest BCUT2D eigenvalue weighted by Gasteiger charge is -2.17. The lowest BCUT2D eigenvalue weighted by molar-refractivity contribution is 0.479. The lowest BCUT2D eigenvalue weighted by Crippen LogP contribution is -2.14. The van der Waals surface area contributed by atoms with Gasteiger partial charge in [-0.2, -0.15) is 0 Å². The molecule has 1 aromatic heterocycles. The van der Waals surface area contributed by atoms with E-state index in [1.807, 2.05) is 18.2 Å². The molecule has 0 fully saturated rings. The zero-order chi connectivity index (χ0) is 13.9. The van der Waals surface area contributed by atoms with Gasteiger partial charge in [0.25, 0.3) is 0 Å². The third-order valence-electron chi connectivity index (χ3n) is 3.56. The Morgan fingerprint density at radius 2 is 2.20 bits per heavy atom. The van der Waals surface area contributed by atoms with Gasteiger partial charge in [-0.15, -0.1) is 0 Å². The molecule has 0 unspecified atom stereocenters. The van der Waals surface area contributed by atoms with Crippen molar-refractivity contribution in [2.24, 2.45) is 0 Å². The molecule has 0 amide bonds. The Kier molecular flexibility index (Phi) is 3.42. The Labute approximate surface area is 118 Å². The van der Waals surface area contributed by atoms with Crippen LogP contribution >= 0.6 is 0 Å². The minimum Gasteiger partial charge on any atom is -0.506 e. The molecule has 3 nitrogen and oxygen atoms in total. The molecule has 3 rings (SSSR count). The largest absolute Gasteiger partial charge is 0.506 e. The number of likely N-dealkylation sites (N-methyl/N-ethyl adjacent to an activating group) is 1. The van der Waals surface area contributed by atoms with Crippen LogP contribution < -0.4 is 0 Å². The highest BCUT2D eigenvalue weighted by Gasteiger charge is 2.06. The fourth-order valence-electron chi connectivity index (χ4n) is 2.56. The van der Waals surface area contributed by atoms with E-state index in [2.05, 4.69) is 41.3 Å². The van der Waals surface area contributed by atoms with Crippen molar-refractivity contribution in [3.8, 4) is 5.75 Å². The summed E-state index contributed by atoms with van der Waals surface area (Å²) in [4.78, 5) is 6.38. The van der Waals surface area contributed by atoms with E-state index in [-0.39, 0.29) is 5.75 Å². The smallest absolute Gasteiger partial charge is 0.142 e. The van der Waals surface area contributed by atoms with Gasteiger partial charge in [-0.1, -0.05) is 18.2 Å². The van der Waals surface area contributed by atoms with Crippen molar-refractivity contribution in [2.75, 3.05) is 13.6 Å². The van der Waals surface area contributed by atoms with Crippen LogP contribution in [0.5, 0.6) is 5.75 Å². The van der Waals surface area contributed by atoms with E-state index in [4.69, 9.17) is 0 Å². The molecule has 0 aliphatic carbocycles. The Morgan fingerprint density at radius 3 is 3.05 bits per heavy atom. The third kappa shape index (κ3) is 2.67. The number of allylic oxidation sites excluding steroid dienone is 2. The first-order valence-electron chi connectivity index (χ1n) is 6.86. The molecule has 0 spiro atoms. The number of rotatable bonds is 3. The Morgan fingerprint density at radius 1 is 1.30 bits per heavy atom. The molecule has 1 aromatic carbocycles. The lowest BCUT2D eigenvalue weighted by atomic mass is 10.0. The van der Waals surface area contributed by atoms with Crippen LogP contribution in [0, 0.1) is 0 Å². The van der Waals surface area contributed by atoms with Gasteiger partial charge < -0.3 is 10.0 Å². The number of hydrogen-bond acceptors (Lipinski definition) is 3. The zero-order valence-electron chi connectivity index (χ0n) is 11.6. The van der Waals surface area contributed by atoms with Gasteiger partial charge in [0.1, 0.15) is 11.3 Å². The maximum Gasteiger partial charge on any atom is 0.142 e. The molecule has 102 valence electrons. The molecule has 0 saturated heterocycles. The molecule has 0 saturated carbocycles. The van der Waals surface area contributed by atoms with E-state index < -0.39 is 0 Å². The van der Waals surface area contributed by atoms with Crippen LogP contribution in [0.2, 0.25) is 0 Å². The van der Waals surface area contributed by atoms with E-state index in [0.717, 1.165) is 30.3 Å². The third-order valence-corrected chi connectivity index (χ3v) is 3.56. The first kappa shape index (κ1) is 12.7. The van der Waals surface area contributed by atoms with Gasteiger partial charge in [-0.05, 0) is 42.2 Å². The first-order valence-corrected chi connectivity index (χ1v) is 6.86. The van der Waals surface area contributed by atoms with E-state index in [1.165, 1.54) is 5.57 Å². The number of pyridine rings is 1. The van der Waals surface area contributed by atoms with Crippen molar-refractivity contribution in [3.63, 3.8) is 0 Å². The number of aromatic nitrogens is 1. The average Bonchev–Trinajstić information content (AvgIpc) is 2.45. The highest BCUT2D eigenvalue weighted by atomic mass is 16.3. The Bertz CT molecular complexity index is 688. The SMILES string of the molecule is CN1C=C(CCc2cc(O)c3ncccc3c2)C=CC1. The van der Waals surface area contributed by atoms with Crippen LogP contribution in [-0.2, 0) is 6.42 Å². The van der Waals surface area contributed by atoms with E-state index in [9.17, 15) is 5.11 Å². The van der Waals surface area contributed by atoms with Crippen molar-refractivity contribution in [1.29, 1.82) is 0 Å². The summed E-state index contributed by atoms with van der Waals surface area (Å²) < 4.78 is 0. The Hall–Kier alpha value is -2.29. The van der Waals surface area contributed by atoms with Gasteiger partial charge >= 0.3 is 0 Å². The van der Waals surface area contributed by atoms with Crippen molar-refractivity contribution in [3.05, 3.63) is 60.0 Å². The van der Waals surface area contributed by atoms with Gasteiger partial charge in [0.05, 0.1) is 0 Å². The van der Waals surface area contributed by atoms with Crippen LogP contribution in [0.15, 0.2) is 54.4 Å². The molecule has 20 heavy (non-hydrogen) atoms. The second kappa shape index (κ2) is 5.37. The van der Waals surface area contributed by atoms with Crippen molar-refractivity contribution < 1.29 is 5.11 Å². The van der Waals surface area contributed by atoms with Gasteiger partial charge in [-0.3, -0.25) is 4.98 Å². The maximum atomic E-state index is 10.0. The topological polar surface area (TPSA) is 36.4 Å². The second-order valence-electron chi connectivity index (χ2n) is 5.24. The minimum absolute atomic E-state index is 0.267. The van der Waals surface area contributed by atoms with Crippen LogP contribution in [0.3, 0.4) is 0 Å². The number of nitrogens with zero attached hydrogens (tertiary/aromatic N) is 2. The van der Waals surface area contributed by atoms with Gasteiger partial charge in [0, 0.05) is 31.4 Å². The predicted molar refractivity (Wildman–Crippen MR) is 81.6 cm³/mol. The Balaban J connectivity index is 1.79. The monoisotopic (exact) mass is 266 g/mol. The van der Waals surface area contributed by atoms with Gasteiger partial charge in [-0.25, -0.2) is 0 Å². The van der Waals surface area contributed by atoms with Gasteiger partial charge in [0.15, 0.2) is 0 Å². The highest BCUT2D eigenvalue weighted by molar-refractivity contribution is 5.84. The van der Waals surface area contributed by atoms with Crippen LogP contribution in [0.1, 0.15) is 12.0 Å². The number of benzene rings is 1. The molecule has 2 aromatic rings. The molecular formula is C17H18N2O. The minimum atomic E-state index is 0.267. The van der Waals surface area contributed by atoms with Crippen molar-refractivity contribution >= 4 is 10.9 Å². The predicted octanol–water partition coefficient (Wildman–Crippen LogP) is 3.26. The number of aromatic hydroxyl groups is 1. The molecule has 1 aliphatic heterocycles. The summed E-state index contributed by atoms with van der Waals surface area (Å²) in [7, 11) is 2.08. The van der Waals surface area contributed by atoms with E-state index in [1.54, 1.807) is 6.20 Å². The number of aryl methyl sites for hydroxylation is 1. The van der Waals surface area contributed by atoms with Crippen molar-refractivity contribution in [1.82, 2.24) is 9.88 Å². The zero-order valence-corrected chi connectivity index (χ0v) is 11.6. The fourth-order valence-corrected chi connectivity index (χ4v) is 2.56. The van der Waals surface area contributed by atoms with Crippen LogP contribution in [-0.4, -0.2) is 28.6 Å². The molecule has 3 heteroatoms. The molecule has 2 heterocycles. The summed E-state index contributed by atoms with van der Waals surface area (Å²) in [6, 6.07) is 7.82. The van der Waals surface area contributed by atoms with Crippen LogP contribution in [0.25, 0.3) is 10.9 Å². The molecule has 1 aliphatic rings. The van der Waals surface area contributed by atoms with Crippen molar-refractivity contribution in [2.45, 2.75) is 12.8 Å². The normalized spacial score (nSPS) is 14.7.